The second-order valence-electron chi connectivity index (χ2n) is 7.41. The molecule has 1 heterocycles. The van der Waals surface area contributed by atoms with E-state index >= 15 is 0 Å². The summed E-state index contributed by atoms with van der Waals surface area (Å²) in [5.41, 5.74) is 0.994. The number of benzene rings is 1. The van der Waals surface area contributed by atoms with E-state index in [0.717, 1.165) is 50.3 Å². The molecule has 1 aromatic carbocycles. The van der Waals surface area contributed by atoms with Gasteiger partial charge in [0.1, 0.15) is 0 Å². The van der Waals surface area contributed by atoms with E-state index in [1.54, 1.807) is 16.4 Å². The normalized spacial score (nSPS) is 15.9. The molecule has 0 radical (unpaired) electrons. The lowest BCUT2D eigenvalue weighted by molar-refractivity contribution is 0.346. The molecule has 2 N–H and O–H groups in total. The summed E-state index contributed by atoms with van der Waals surface area (Å²) in [6.45, 7) is 9.90. The lowest BCUT2D eigenvalue weighted by Gasteiger charge is -2.25. The maximum atomic E-state index is 12.7. The first-order valence-corrected chi connectivity index (χ1v) is 11.5. The van der Waals surface area contributed by atoms with Crippen molar-refractivity contribution in [1.82, 2.24) is 14.9 Å². The molecule has 1 aliphatic heterocycles. The quantitative estimate of drug-likeness (QED) is 0.311. The van der Waals surface area contributed by atoms with Crippen LogP contribution in [0.3, 0.4) is 0 Å². The van der Waals surface area contributed by atoms with E-state index in [-0.39, 0.29) is 24.0 Å². The SMILES string of the molecule is CCNC(=NCc1ccc(S(=O)(=O)N2CCCCC2)cc1)NCCC(C)C.I. The van der Waals surface area contributed by atoms with Gasteiger partial charge in [-0.2, -0.15) is 4.31 Å². The Hall–Kier alpha value is -0.870. The molecule has 1 aliphatic rings. The van der Waals surface area contributed by atoms with Crippen molar-refractivity contribution in [1.29, 1.82) is 0 Å². The van der Waals surface area contributed by atoms with Crippen LogP contribution in [-0.4, -0.2) is 44.9 Å². The predicted octanol–water partition coefficient (Wildman–Crippen LogP) is 3.58. The third-order valence-electron chi connectivity index (χ3n) is 4.65. The molecule has 0 saturated carbocycles. The predicted molar refractivity (Wildman–Crippen MR) is 127 cm³/mol. The van der Waals surface area contributed by atoms with Gasteiger partial charge in [-0.1, -0.05) is 32.4 Å². The van der Waals surface area contributed by atoms with E-state index in [1.807, 2.05) is 19.1 Å². The Morgan fingerprint density at radius 1 is 1.11 bits per heavy atom. The smallest absolute Gasteiger partial charge is 0.243 e. The van der Waals surface area contributed by atoms with Crippen molar-refractivity contribution in [2.45, 2.75) is 57.9 Å². The molecule has 1 fully saturated rings. The highest BCUT2D eigenvalue weighted by Crippen LogP contribution is 2.21. The number of halogens is 1. The van der Waals surface area contributed by atoms with E-state index < -0.39 is 10.0 Å². The lowest BCUT2D eigenvalue weighted by Crippen LogP contribution is -2.38. The molecule has 28 heavy (non-hydrogen) atoms. The zero-order valence-electron chi connectivity index (χ0n) is 17.3. The summed E-state index contributed by atoms with van der Waals surface area (Å²) < 4.78 is 27.0. The van der Waals surface area contributed by atoms with Gasteiger partial charge in [0.2, 0.25) is 10.0 Å². The first kappa shape index (κ1) is 25.2. The van der Waals surface area contributed by atoms with E-state index in [9.17, 15) is 8.42 Å². The van der Waals surface area contributed by atoms with Gasteiger partial charge in [0.25, 0.3) is 0 Å². The summed E-state index contributed by atoms with van der Waals surface area (Å²) in [5.74, 6) is 1.44. The van der Waals surface area contributed by atoms with Gasteiger partial charge in [-0.15, -0.1) is 24.0 Å². The minimum absolute atomic E-state index is 0. The first-order valence-electron chi connectivity index (χ1n) is 10.0. The highest BCUT2D eigenvalue weighted by Gasteiger charge is 2.25. The van der Waals surface area contributed by atoms with Crippen LogP contribution in [0.5, 0.6) is 0 Å². The highest BCUT2D eigenvalue weighted by atomic mass is 127. The van der Waals surface area contributed by atoms with Crippen molar-refractivity contribution in [2.24, 2.45) is 10.9 Å². The van der Waals surface area contributed by atoms with Crippen LogP contribution in [0.25, 0.3) is 0 Å². The third-order valence-corrected chi connectivity index (χ3v) is 6.57. The Balaban J connectivity index is 0.00000392. The Bertz CT molecular complexity index is 699. The van der Waals surface area contributed by atoms with Crippen molar-refractivity contribution < 1.29 is 8.42 Å². The van der Waals surface area contributed by atoms with Crippen molar-refractivity contribution in [3.8, 4) is 0 Å². The number of hydrogen-bond acceptors (Lipinski definition) is 3. The summed E-state index contributed by atoms with van der Waals surface area (Å²) >= 11 is 0. The van der Waals surface area contributed by atoms with Gasteiger partial charge in [-0.3, -0.25) is 0 Å². The number of nitrogens with one attached hydrogen (secondary N) is 2. The third kappa shape index (κ3) is 7.87. The van der Waals surface area contributed by atoms with Crippen LogP contribution in [-0.2, 0) is 16.6 Å². The Morgan fingerprint density at radius 2 is 1.75 bits per heavy atom. The van der Waals surface area contributed by atoms with Gasteiger partial charge in [-0.05, 0) is 49.8 Å². The molecule has 8 heteroatoms. The van der Waals surface area contributed by atoms with Crippen LogP contribution in [0.2, 0.25) is 0 Å². The molecular formula is C20H35IN4O2S. The molecule has 1 aromatic rings. The topological polar surface area (TPSA) is 73.8 Å². The molecule has 160 valence electrons. The number of hydrogen-bond donors (Lipinski definition) is 2. The van der Waals surface area contributed by atoms with Crippen LogP contribution in [0.15, 0.2) is 34.2 Å². The summed E-state index contributed by atoms with van der Waals surface area (Å²) in [7, 11) is -3.37. The van der Waals surface area contributed by atoms with Crippen LogP contribution in [0, 0.1) is 5.92 Å². The van der Waals surface area contributed by atoms with Crippen molar-refractivity contribution in [2.75, 3.05) is 26.2 Å². The summed E-state index contributed by atoms with van der Waals surface area (Å²) in [5, 5.41) is 6.58. The van der Waals surface area contributed by atoms with Gasteiger partial charge in [0.05, 0.1) is 11.4 Å². The standard InChI is InChI=1S/C20H34N4O2S.HI/c1-4-21-20(22-13-12-17(2)3)23-16-18-8-10-19(11-9-18)27(25,26)24-14-6-5-7-15-24;/h8-11,17H,4-7,12-16H2,1-3H3,(H2,21,22,23);1H. The maximum Gasteiger partial charge on any atom is 0.243 e. The van der Waals surface area contributed by atoms with Crippen LogP contribution < -0.4 is 10.6 Å². The van der Waals surface area contributed by atoms with E-state index in [2.05, 4.69) is 29.5 Å². The van der Waals surface area contributed by atoms with Gasteiger partial charge < -0.3 is 10.6 Å². The largest absolute Gasteiger partial charge is 0.357 e. The van der Waals surface area contributed by atoms with Crippen LogP contribution >= 0.6 is 24.0 Å². The summed E-state index contributed by atoms with van der Waals surface area (Å²) in [4.78, 5) is 4.97. The number of sulfonamides is 1. The van der Waals surface area contributed by atoms with Gasteiger partial charge in [0.15, 0.2) is 5.96 Å². The first-order chi connectivity index (χ1) is 12.9. The molecule has 0 amide bonds. The summed E-state index contributed by atoms with van der Waals surface area (Å²) in [6.07, 6.45) is 4.10. The minimum Gasteiger partial charge on any atom is -0.357 e. The zero-order valence-corrected chi connectivity index (χ0v) is 20.4. The fourth-order valence-electron chi connectivity index (χ4n) is 3.01. The Morgan fingerprint density at radius 3 is 2.32 bits per heavy atom. The lowest BCUT2D eigenvalue weighted by atomic mass is 10.1. The van der Waals surface area contributed by atoms with Crippen molar-refractivity contribution in [3.05, 3.63) is 29.8 Å². The molecule has 0 aliphatic carbocycles. The molecule has 0 spiro atoms. The molecule has 2 rings (SSSR count). The molecule has 0 unspecified atom stereocenters. The average Bonchev–Trinajstić information content (AvgIpc) is 2.67. The Kier molecular flexibility index (Phi) is 11.4. The molecule has 6 nitrogen and oxygen atoms in total. The van der Waals surface area contributed by atoms with E-state index in [1.165, 1.54) is 0 Å². The number of nitrogens with zero attached hydrogens (tertiary/aromatic N) is 2. The number of piperidine rings is 1. The fraction of sp³-hybridized carbons (Fsp3) is 0.650. The van der Waals surface area contributed by atoms with Crippen molar-refractivity contribution in [3.63, 3.8) is 0 Å². The fourth-order valence-corrected chi connectivity index (χ4v) is 4.53. The van der Waals surface area contributed by atoms with Gasteiger partial charge >= 0.3 is 0 Å². The number of aliphatic imine (C=N–C) groups is 1. The molecule has 0 atom stereocenters. The van der Waals surface area contributed by atoms with Crippen LogP contribution in [0.4, 0.5) is 0 Å². The molecular weight excluding hydrogens is 487 g/mol. The maximum absolute atomic E-state index is 12.7. The van der Waals surface area contributed by atoms with Crippen LogP contribution in [0.1, 0.15) is 52.0 Å². The average molecular weight is 522 g/mol. The highest BCUT2D eigenvalue weighted by molar-refractivity contribution is 14.0. The second-order valence-corrected chi connectivity index (χ2v) is 9.35. The van der Waals surface area contributed by atoms with Crippen molar-refractivity contribution >= 4 is 40.0 Å². The van der Waals surface area contributed by atoms with Gasteiger partial charge in [0, 0.05) is 26.2 Å². The van der Waals surface area contributed by atoms with E-state index in [0.29, 0.717) is 30.4 Å². The minimum atomic E-state index is -3.37. The zero-order chi connectivity index (χ0) is 19.7. The molecule has 1 saturated heterocycles. The van der Waals surface area contributed by atoms with E-state index in [4.69, 9.17) is 0 Å². The number of guanidine groups is 1. The second kappa shape index (κ2) is 12.6. The monoisotopic (exact) mass is 522 g/mol. The molecule has 0 aromatic heterocycles. The summed E-state index contributed by atoms with van der Waals surface area (Å²) in [6, 6.07) is 7.12. The molecule has 0 bridgehead atoms. The number of rotatable bonds is 8. The van der Waals surface area contributed by atoms with Gasteiger partial charge in [-0.25, -0.2) is 13.4 Å². The Labute approximate surface area is 187 Å².